The van der Waals surface area contributed by atoms with Crippen molar-refractivity contribution in [3.8, 4) is 11.5 Å². The predicted octanol–water partition coefficient (Wildman–Crippen LogP) is 2.69. The number of aliphatic carboxylic acids is 1. The Labute approximate surface area is 162 Å². The number of aromatic amines is 1. The van der Waals surface area contributed by atoms with Crippen LogP contribution in [0.5, 0.6) is 11.5 Å². The van der Waals surface area contributed by atoms with Crippen LogP contribution < -0.4 is 14.8 Å². The smallest absolute Gasteiger partial charge is 0.321 e. The van der Waals surface area contributed by atoms with Crippen molar-refractivity contribution in [2.45, 2.75) is 25.1 Å². The number of benzene rings is 2. The molecule has 0 amide bonds. The van der Waals surface area contributed by atoms with Gasteiger partial charge in [0.15, 0.2) is 11.5 Å². The van der Waals surface area contributed by atoms with E-state index in [1.54, 1.807) is 13.4 Å². The third-order valence-electron chi connectivity index (χ3n) is 4.86. The molecule has 1 aliphatic rings. The summed E-state index contributed by atoms with van der Waals surface area (Å²) in [5.74, 6) is 0.326. The van der Waals surface area contributed by atoms with Crippen LogP contribution in [0.25, 0.3) is 0 Å². The van der Waals surface area contributed by atoms with Crippen molar-refractivity contribution in [1.29, 1.82) is 0 Å². The highest BCUT2D eigenvalue weighted by molar-refractivity contribution is 5.74. The van der Waals surface area contributed by atoms with Gasteiger partial charge in [0.1, 0.15) is 12.6 Å². The normalized spacial score (nSPS) is 18.3. The number of hydrogen-bond donors (Lipinski definition) is 3. The molecule has 0 unspecified atom stereocenters. The van der Waals surface area contributed by atoms with Crippen molar-refractivity contribution in [2.24, 2.45) is 0 Å². The molecule has 0 spiro atoms. The number of carbonyl (C=O) groups is 1. The van der Waals surface area contributed by atoms with E-state index in [1.807, 2.05) is 48.5 Å². The van der Waals surface area contributed by atoms with Gasteiger partial charge in [0.2, 0.25) is 0 Å². The highest BCUT2D eigenvalue weighted by Gasteiger charge is 2.33. The number of rotatable bonds is 6. The molecule has 1 aromatic heterocycles. The van der Waals surface area contributed by atoms with Gasteiger partial charge in [-0.2, -0.15) is 0 Å². The Balaban J connectivity index is 1.64. The first-order valence-corrected chi connectivity index (χ1v) is 9.01. The van der Waals surface area contributed by atoms with Gasteiger partial charge in [0, 0.05) is 12.1 Å². The summed E-state index contributed by atoms with van der Waals surface area (Å²) in [5, 5.41) is 12.6. The summed E-state index contributed by atoms with van der Waals surface area (Å²) < 4.78 is 11.4. The third-order valence-corrected chi connectivity index (χ3v) is 4.86. The molecule has 2 heterocycles. The SMILES string of the molecule is COc1ccc([C@H]2N[C@@H](C(=O)O)Cc3[nH]cnc32)cc1OCc1ccccc1. The molecule has 0 saturated carbocycles. The fourth-order valence-electron chi connectivity index (χ4n) is 3.42. The first-order valence-electron chi connectivity index (χ1n) is 9.01. The topological polar surface area (TPSA) is 96.5 Å². The molecule has 2 atom stereocenters. The Morgan fingerprint density at radius 2 is 2.04 bits per heavy atom. The summed E-state index contributed by atoms with van der Waals surface area (Å²) in [6, 6.07) is 14.4. The van der Waals surface area contributed by atoms with Crippen molar-refractivity contribution < 1.29 is 19.4 Å². The molecule has 0 saturated heterocycles. The minimum Gasteiger partial charge on any atom is -0.493 e. The Bertz CT molecular complexity index is 971. The largest absolute Gasteiger partial charge is 0.493 e. The maximum absolute atomic E-state index is 11.5. The molecule has 28 heavy (non-hydrogen) atoms. The number of hydrogen-bond acceptors (Lipinski definition) is 5. The molecular formula is C21H21N3O4. The quantitative estimate of drug-likeness (QED) is 0.609. The number of ether oxygens (including phenoxy) is 2. The number of aromatic nitrogens is 2. The summed E-state index contributed by atoms with van der Waals surface area (Å²) in [6.07, 6.45) is 1.97. The Hall–Kier alpha value is -3.32. The zero-order valence-electron chi connectivity index (χ0n) is 15.4. The van der Waals surface area contributed by atoms with Crippen LogP contribution in [-0.4, -0.2) is 34.2 Å². The van der Waals surface area contributed by atoms with E-state index in [0.29, 0.717) is 24.5 Å². The number of imidazole rings is 1. The summed E-state index contributed by atoms with van der Waals surface area (Å²) in [4.78, 5) is 19.0. The van der Waals surface area contributed by atoms with Gasteiger partial charge in [-0.3, -0.25) is 10.1 Å². The van der Waals surface area contributed by atoms with Crippen molar-refractivity contribution in [3.05, 3.63) is 77.4 Å². The van der Waals surface area contributed by atoms with Crippen LogP contribution in [0.3, 0.4) is 0 Å². The lowest BCUT2D eigenvalue weighted by Crippen LogP contribution is -2.45. The molecule has 0 bridgehead atoms. The maximum atomic E-state index is 11.5. The standard InChI is InChI=1S/C21H21N3O4/c1-27-17-8-7-14(9-18(17)28-11-13-5-3-2-4-6-13)19-20-15(22-12-23-20)10-16(24-19)21(25)26/h2-9,12,16,19,24H,10-11H2,1H3,(H,22,23)(H,25,26)/t16-,19-/m1/s1. The van der Waals surface area contributed by atoms with Gasteiger partial charge in [-0.1, -0.05) is 36.4 Å². The van der Waals surface area contributed by atoms with Crippen molar-refractivity contribution in [2.75, 3.05) is 7.11 Å². The zero-order valence-corrected chi connectivity index (χ0v) is 15.4. The predicted molar refractivity (Wildman–Crippen MR) is 102 cm³/mol. The van der Waals surface area contributed by atoms with Gasteiger partial charge in [-0.15, -0.1) is 0 Å². The van der Waals surface area contributed by atoms with Gasteiger partial charge in [0.05, 0.1) is 25.2 Å². The minimum atomic E-state index is -0.890. The monoisotopic (exact) mass is 379 g/mol. The van der Waals surface area contributed by atoms with Gasteiger partial charge < -0.3 is 19.6 Å². The lowest BCUT2D eigenvalue weighted by Gasteiger charge is -2.28. The number of fused-ring (bicyclic) bond motifs is 1. The van der Waals surface area contributed by atoms with E-state index in [2.05, 4.69) is 15.3 Å². The number of carboxylic acids is 1. The van der Waals surface area contributed by atoms with E-state index in [1.165, 1.54) is 0 Å². The van der Waals surface area contributed by atoms with Crippen molar-refractivity contribution in [3.63, 3.8) is 0 Å². The fraction of sp³-hybridized carbons (Fsp3) is 0.238. The molecule has 0 aliphatic carbocycles. The number of nitrogens with one attached hydrogen (secondary N) is 2. The van der Waals surface area contributed by atoms with Crippen molar-refractivity contribution >= 4 is 5.97 Å². The molecule has 7 nitrogen and oxygen atoms in total. The number of H-pyrrole nitrogens is 1. The maximum Gasteiger partial charge on any atom is 0.321 e. The van der Waals surface area contributed by atoms with Crippen LogP contribution in [0, 0.1) is 0 Å². The molecule has 0 fully saturated rings. The molecule has 2 aromatic carbocycles. The minimum absolute atomic E-state index is 0.346. The number of carboxylic acid groups (broad SMARTS) is 1. The van der Waals surface area contributed by atoms with E-state index >= 15 is 0 Å². The lowest BCUT2D eigenvalue weighted by molar-refractivity contribution is -0.139. The average Bonchev–Trinajstić information content (AvgIpc) is 3.21. The Morgan fingerprint density at radius 3 is 2.79 bits per heavy atom. The molecule has 7 heteroatoms. The first-order chi connectivity index (χ1) is 13.7. The van der Waals surface area contributed by atoms with Crippen LogP contribution in [0.2, 0.25) is 0 Å². The molecule has 3 aromatic rings. The van der Waals surface area contributed by atoms with Gasteiger partial charge >= 0.3 is 5.97 Å². The second kappa shape index (κ2) is 7.74. The average molecular weight is 379 g/mol. The van der Waals surface area contributed by atoms with Gasteiger partial charge in [-0.05, 0) is 23.3 Å². The van der Waals surface area contributed by atoms with E-state index in [0.717, 1.165) is 22.5 Å². The van der Waals surface area contributed by atoms with E-state index in [4.69, 9.17) is 9.47 Å². The van der Waals surface area contributed by atoms with Crippen LogP contribution >= 0.6 is 0 Å². The molecule has 144 valence electrons. The highest BCUT2D eigenvalue weighted by Crippen LogP contribution is 2.35. The van der Waals surface area contributed by atoms with Crippen molar-refractivity contribution in [1.82, 2.24) is 15.3 Å². The van der Waals surface area contributed by atoms with Crippen LogP contribution in [0.15, 0.2) is 54.9 Å². The molecule has 1 aliphatic heterocycles. The van der Waals surface area contributed by atoms with E-state index in [-0.39, 0.29) is 6.04 Å². The highest BCUT2D eigenvalue weighted by atomic mass is 16.5. The molecule has 0 radical (unpaired) electrons. The van der Waals surface area contributed by atoms with Gasteiger partial charge in [0.25, 0.3) is 0 Å². The van der Waals surface area contributed by atoms with Crippen LogP contribution in [0.4, 0.5) is 0 Å². The van der Waals surface area contributed by atoms with Gasteiger partial charge in [-0.25, -0.2) is 4.98 Å². The Morgan fingerprint density at radius 1 is 1.21 bits per heavy atom. The zero-order chi connectivity index (χ0) is 19.5. The first kappa shape index (κ1) is 18.1. The molecule has 3 N–H and O–H groups in total. The van der Waals surface area contributed by atoms with Crippen LogP contribution in [-0.2, 0) is 17.8 Å². The van der Waals surface area contributed by atoms with E-state index in [9.17, 15) is 9.90 Å². The van der Waals surface area contributed by atoms with E-state index < -0.39 is 12.0 Å². The summed E-state index contributed by atoms with van der Waals surface area (Å²) in [5.41, 5.74) is 3.55. The fourth-order valence-corrected chi connectivity index (χ4v) is 3.42. The Kier molecular flexibility index (Phi) is 4.99. The third kappa shape index (κ3) is 3.57. The van der Waals surface area contributed by atoms with Crippen LogP contribution in [0.1, 0.15) is 28.6 Å². The molecular weight excluding hydrogens is 358 g/mol. The summed E-state index contributed by atoms with van der Waals surface area (Å²) >= 11 is 0. The second-order valence-electron chi connectivity index (χ2n) is 6.65. The number of nitrogens with zero attached hydrogens (tertiary/aromatic N) is 1. The lowest BCUT2D eigenvalue weighted by atomic mass is 9.94. The summed E-state index contributed by atoms with van der Waals surface area (Å²) in [7, 11) is 1.59. The number of methoxy groups -OCH3 is 1. The molecule has 4 rings (SSSR count). The summed E-state index contributed by atoms with van der Waals surface area (Å²) in [6.45, 7) is 0.407. The second-order valence-corrected chi connectivity index (χ2v) is 6.65.